The largest absolute Gasteiger partial charge is 0.395 e. The van der Waals surface area contributed by atoms with Crippen LogP contribution in [-0.2, 0) is 21.7 Å². The van der Waals surface area contributed by atoms with Gasteiger partial charge < -0.3 is 20.0 Å². The quantitative estimate of drug-likeness (QED) is 0.293. The van der Waals surface area contributed by atoms with Crippen molar-refractivity contribution in [1.29, 1.82) is 0 Å². The Labute approximate surface area is 227 Å². The summed E-state index contributed by atoms with van der Waals surface area (Å²) in [6.07, 6.45) is 8.35. The number of hydrogen-bond donors (Lipinski definition) is 2. The standard InChI is InChI=1S/C30H33N5O4/c1-3-15-35-27-13-12-23(34-17-14-28(34)37)18-25(27)30(39,29(35)38)21(2)9-7-8-16-33-19-26(31-32-33)24(20-36)22-10-5-4-6-11-22/h3-7,9-13,18-19,21,24,36,39H,1,8,14-17,20H2,2H3/b9-7+/t21-,24?,30+/m0/s1. The number of aliphatic hydroxyl groups excluding tert-OH is 1. The van der Waals surface area contributed by atoms with Crippen LogP contribution in [0.5, 0.6) is 0 Å². The highest BCUT2D eigenvalue weighted by atomic mass is 16.3. The molecule has 39 heavy (non-hydrogen) atoms. The molecule has 2 aliphatic heterocycles. The van der Waals surface area contributed by atoms with Crippen LogP contribution in [-0.4, -0.2) is 56.7 Å². The molecular formula is C30H33N5O4. The van der Waals surface area contributed by atoms with E-state index in [2.05, 4.69) is 16.9 Å². The summed E-state index contributed by atoms with van der Waals surface area (Å²) < 4.78 is 1.73. The molecule has 2 aliphatic rings. The molecule has 1 fully saturated rings. The third-order valence-electron chi connectivity index (χ3n) is 7.63. The van der Waals surface area contributed by atoms with Gasteiger partial charge in [0.25, 0.3) is 5.91 Å². The minimum Gasteiger partial charge on any atom is -0.395 e. The van der Waals surface area contributed by atoms with E-state index >= 15 is 0 Å². The van der Waals surface area contributed by atoms with Crippen molar-refractivity contribution in [2.45, 2.75) is 37.8 Å². The van der Waals surface area contributed by atoms with E-state index in [9.17, 15) is 19.8 Å². The van der Waals surface area contributed by atoms with Crippen LogP contribution in [0.15, 0.2) is 79.5 Å². The normalized spacial score (nSPS) is 20.3. The number of aromatic nitrogens is 3. The molecule has 3 heterocycles. The molecule has 2 N–H and O–H groups in total. The summed E-state index contributed by atoms with van der Waals surface area (Å²) in [6.45, 7) is 6.97. The Bertz CT molecular complexity index is 1400. The summed E-state index contributed by atoms with van der Waals surface area (Å²) in [5.74, 6) is -1.14. The van der Waals surface area contributed by atoms with Gasteiger partial charge in [-0.05, 0) is 30.2 Å². The Kier molecular flexibility index (Phi) is 7.45. The predicted molar refractivity (Wildman–Crippen MR) is 148 cm³/mol. The summed E-state index contributed by atoms with van der Waals surface area (Å²) in [7, 11) is 0. The fraction of sp³-hybridized carbons (Fsp3) is 0.333. The van der Waals surface area contributed by atoms with Crippen LogP contribution in [0.1, 0.15) is 42.5 Å². The lowest BCUT2D eigenvalue weighted by Gasteiger charge is -2.32. The van der Waals surface area contributed by atoms with Gasteiger partial charge in [0, 0.05) is 49.4 Å². The minimum atomic E-state index is -1.76. The molecule has 0 spiro atoms. The van der Waals surface area contributed by atoms with E-state index < -0.39 is 17.4 Å². The van der Waals surface area contributed by atoms with Crippen LogP contribution in [0.2, 0.25) is 0 Å². The molecule has 0 aliphatic carbocycles. The van der Waals surface area contributed by atoms with Crippen molar-refractivity contribution >= 4 is 23.2 Å². The van der Waals surface area contributed by atoms with Crippen molar-refractivity contribution < 1.29 is 19.8 Å². The maximum atomic E-state index is 13.5. The highest BCUT2D eigenvalue weighted by molar-refractivity contribution is 6.08. The second-order valence-electron chi connectivity index (χ2n) is 10.0. The van der Waals surface area contributed by atoms with Gasteiger partial charge in [-0.25, -0.2) is 0 Å². The molecule has 0 bridgehead atoms. The van der Waals surface area contributed by atoms with Gasteiger partial charge in [-0.1, -0.05) is 60.7 Å². The monoisotopic (exact) mass is 527 g/mol. The van der Waals surface area contributed by atoms with E-state index in [0.717, 1.165) is 5.56 Å². The average Bonchev–Trinajstić information content (AvgIpc) is 3.49. The Balaban J connectivity index is 1.30. The number of aryl methyl sites for hydroxylation is 1. The number of carbonyl (C=O) groups excluding carboxylic acids is 2. The molecule has 1 saturated heterocycles. The number of fused-ring (bicyclic) bond motifs is 1. The Morgan fingerprint density at radius 1 is 1.18 bits per heavy atom. The number of β-lactam (4-membered cyclic amide) rings is 1. The first-order valence-electron chi connectivity index (χ1n) is 13.2. The van der Waals surface area contributed by atoms with Crippen molar-refractivity contribution in [3.63, 3.8) is 0 Å². The highest BCUT2D eigenvalue weighted by Crippen LogP contribution is 2.47. The van der Waals surface area contributed by atoms with Crippen molar-refractivity contribution in [3.05, 3.63) is 96.4 Å². The van der Waals surface area contributed by atoms with Crippen molar-refractivity contribution in [2.24, 2.45) is 5.92 Å². The van der Waals surface area contributed by atoms with E-state index in [-0.39, 0.29) is 25.0 Å². The molecule has 0 radical (unpaired) electrons. The van der Waals surface area contributed by atoms with Crippen LogP contribution in [0.3, 0.4) is 0 Å². The van der Waals surface area contributed by atoms with Gasteiger partial charge in [-0.2, -0.15) is 0 Å². The maximum Gasteiger partial charge on any atom is 0.264 e. The van der Waals surface area contributed by atoms with Gasteiger partial charge in [0.15, 0.2) is 5.60 Å². The zero-order chi connectivity index (χ0) is 27.6. The molecule has 1 aromatic heterocycles. The van der Waals surface area contributed by atoms with E-state index in [1.165, 1.54) is 4.90 Å². The van der Waals surface area contributed by atoms with Gasteiger partial charge in [0.2, 0.25) is 5.91 Å². The number of hydrogen-bond acceptors (Lipinski definition) is 6. The molecule has 202 valence electrons. The van der Waals surface area contributed by atoms with E-state index in [1.54, 1.807) is 27.8 Å². The lowest BCUT2D eigenvalue weighted by Crippen LogP contribution is -2.45. The molecule has 9 heteroatoms. The topological polar surface area (TPSA) is 112 Å². The highest BCUT2D eigenvalue weighted by Gasteiger charge is 2.52. The molecule has 9 nitrogen and oxygen atoms in total. The maximum absolute atomic E-state index is 13.5. The van der Waals surface area contributed by atoms with Crippen molar-refractivity contribution in [2.75, 3.05) is 29.5 Å². The van der Waals surface area contributed by atoms with E-state index in [0.29, 0.717) is 48.6 Å². The predicted octanol–water partition coefficient (Wildman–Crippen LogP) is 3.14. The number of allylic oxidation sites excluding steroid dienone is 1. The smallest absolute Gasteiger partial charge is 0.264 e. The first kappa shape index (κ1) is 26.5. The first-order valence-corrected chi connectivity index (χ1v) is 13.2. The molecular weight excluding hydrogens is 494 g/mol. The second-order valence-corrected chi connectivity index (χ2v) is 10.0. The van der Waals surface area contributed by atoms with Gasteiger partial charge >= 0.3 is 0 Å². The third kappa shape index (κ3) is 4.79. The first-order chi connectivity index (χ1) is 18.9. The molecule has 1 unspecified atom stereocenters. The summed E-state index contributed by atoms with van der Waals surface area (Å²) in [5, 5.41) is 30.2. The molecule has 5 rings (SSSR count). The zero-order valence-corrected chi connectivity index (χ0v) is 22.0. The van der Waals surface area contributed by atoms with Crippen molar-refractivity contribution in [3.8, 4) is 0 Å². The van der Waals surface area contributed by atoms with Crippen LogP contribution >= 0.6 is 0 Å². The number of aliphatic hydroxyl groups is 2. The van der Waals surface area contributed by atoms with Gasteiger partial charge in [-0.15, -0.1) is 11.7 Å². The number of rotatable bonds is 11. The number of nitrogens with zero attached hydrogens (tertiary/aromatic N) is 5. The summed E-state index contributed by atoms with van der Waals surface area (Å²) >= 11 is 0. The van der Waals surface area contributed by atoms with E-state index in [4.69, 9.17) is 0 Å². The van der Waals surface area contributed by atoms with Gasteiger partial charge in [-0.3, -0.25) is 14.3 Å². The van der Waals surface area contributed by atoms with Gasteiger partial charge in [0.1, 0.15) is 0 Å². The molecule has 3 atom stereocenters. The lowest BCUT2D eigenvalue weighted by atomic mass is 9.82. The number of benzene rings is 2. The molecule has 2 amide bonds. The van der Waals surface area contributed by atoms with Crippen LogP contribution in [0.25, 0.3) is 0 Å². The van der Waals surface area contributed by atoms with Gasteiger partial charge in [0.05, 0.1) is 23.9 Å². The number of amides is 2. The Morgan fingerprint density at radius 3 is 2.64 bits per heavy atom. The van der Waals surface area contributed by atoms with Crippen molar-refractivity contribution in [1.82, 2.24) is 15.0 Å². The zero-order valence-electron chi connectivity index (χ0n) is 22.0. The SMILES string of the molecule is C=CCN1C(=O)[C@@](O)([C@@H](C)/C=C/CCn2cc(C(CO)c3ccccc3)nn2)c2cc(N3CCC3=O)ccc21. The molecule has 3 aromatic rings. The number of anilines is 2. The molecule has 2 aromatic carbocycles. The third-order valence-corrected chi connectivity index (χ3v) is 7.63. The van der Waals surface area contributed by atoms with Crippen LogP contribution in [0, 0.1) is 5.92 Å². The Morgan fingerprint density at radius 2 is 1.97 bits per heavy atom. The summed E-state index contributed by atoms with van der Waals surface area (Å²) in [5.41, 5.74) is 1.73. The van der Waals surface area contributed by atoms with Crippen LogP contribution < -0.4 is 9.80 Å². The molecule has 0 saturated carbocycles. The number of carbonyl (C=O) groups is 2. The fourth-order valence-corrected chi connectivity index (χ4v) is 5.29. The summed E-state index contributed by atoms with van der Waals surface area (Å²) in [6, 6.07) is 15.1. The lowest BCUT2D eigenvalue weighted by molar-refractivity contribution is -0.139. The second kappa shape index (κ2) is 11.0. The average molecular weight is 528 g/mol. The Hall–Kier alpha value is -4.08. The minimum absolute atomic E-state index is 0.0315. The summed E-state index contributed by atoms with van der Waals surface area (Å²) in [4.78, 5) is 28.7. The van der Waals surface area contributed by atoms with Crippen LogP contribution in [0.4, 0.5) is 11.4 Å². The van der Waals surface area contributed by atoms with E-state index in [1.807, 2.05) is 61.7 Å². The fourth-order valence-electron chi connectivity index (χ4n) is 5.29.